The number of nitrogens with one attached hydrogen (secondary N) is 1. The van der Waals surface area contributed by atoms with Gasteiger partial charge in [-0.3, -0.25) is 4.79 Å². The molecule has 0 fully saturated rings. The number of aromatic nitrogens is 2. The van der Waals surface area contributed by atoms with Gasteiger partial charge in [-0.05, 0) is 35.2 Å². The van der Waals surface area contributed by atoms with Crippen LogP contribution in [0.1, 0.15) is 33.1 Å². The topological polar surface area (TPSA) is 56.1 Å². The van der Waals surface area contributed by atoms with Gasteiger partial charge in [0.25, 0.3) is 5.56 Å². The van der Waals surface area contributed by atoms with Crippen LogP contribution < -0.4 is 10.9 Å². The van der Waals surface area contributed by atoms with Crippen LogP contribution in [-0.4, -0.2) is 29.5 Å². The maximum Gasteiger partial charge on any atom is 0.283 e. The van der Waals surface area contributed by atoms with E-state index in [1.165, 1.54) is 4.68 Å². The second-order valence-corrected chi connectivity index (χ2v) is 5.09. The molecule has 108 valence electrons. The van der Waals surface area contributed by atoms with Gasteiger partial charge >= 0.3 is 0 Å². The highest BCUT2D eigenvalue weighted by atomic mass is 79.9. The van der Waals surface area contributed by atoms with Crippen molar-refractivity contribution in [3.05, 3.63) is 21.0 Å². The second-order valence-electron chi connectivity index (χ2n) is 4.29. The average molecular weight is 332 g/mol. The minimum absolute atomic E-state index is 0.0888. The first-order chi connectivity index (χ1) is 9.20. The van der Waals surface area contributed by atoms with E-state index in [1.54, 1.807) is 6.20 Å². The van der Waals surface area contributed by atoms with E-state index >= 15 is 0 Å². The number of halogens is 1. The van der Waals surface area contributed by atoms with Crippen LogP contribution in [0.25, 0.3) is 0 Å². The van der Waals surface area contributed by atoms with Crippen LogP contribution in [0, 0.1) is 0 Å². The van der Waals surface area contributed by atoms with Gasteiger partial charge < -0.3 is 10.1 Å². The molecule has 0 saturated heterocycles. The average Bonchev–Trinajstić information content (AvgIpc) is 2.41. The molecule has 5 nitrogen and oxygen atoms in total. The molecule has 0 saturated carbocycles. The third-order valence-corrected chi connectivity index (χ3v) is 3.32. The Morgan fingerprint density at radius 3 is 2.84 bits per heavy atom. The Hall–Kier alpha value is -0.880. The molecule has 0 aliphatic carbocycles. The summed E-state index contributed by atoms with van der Waals surface area (Å²) >= 11 is 3.33. The molecular formula is C13H22BrN3O2. The van der Waals surface area contributed by atoms with Crippen molar-refractivity contribution in [2.24, 2.45) is 0 Å². The minimum atomic E-state index is -0.0888. The fourth-order valence-electron chi connectivity index (χ4n) is 1.60. The number of anilines is 1. The van der Waals surface area contributed by atoms with Crippen LogP contribution in [0.2, 0.25) is 0 Å². The highest BCUT2D eigenvalue weighted by Gasteiger charge is 2.07. The quantitative estimate of drug-likeness (QED) is 0.707. The molecule has 0 bridgehead atoms. The standard InChI is InChI=1S/C13H22BrN3O2/c1-3-7-17-13(18)12(14)11(10-16-17)15-6-5-9-19-8-4-2/h10,15H,3-9H2,1-2H3. The third-order valence-electron chi connectivity index (χ3n) is 2.55. The molecule has 1 heterocycles. The lowest BCUT2D eigenvalue weighted by atomic mass is 10.4. The predicted molar refractivity (Wildman–Crippen MR) is 80.7 cm³/mol. The fraction of sp³-hybridized carbons (Fsp3) is 0.692. The summed E-state index contributed by atoms with van der Waals surface area (Å²) in [7, 11) is 0. The predicted octanol–water partition coefficient (Wildman–Crippen LogP) is 2.64. The largest absolute Gasteiger partial charge is 0.383 e. The van der Waals surface area contributed by atoms with Crippen molar-refractivity contribution >= 4 is 21.6 Å². The summed E-state index contributed by atoms with van der Waals surface area (Å²) < 4.78 is 7.41. The molecule has 0 unspecified atom stereocenters. The van der Waals surface area contributed by atoms with Gasteiger partial charge in [-0.15, -0.1) is 0 Å². The normalized spacial score (nSPS) is 10.7. The Bertz CT molecular complexity index is 434. The molecule has 0 aromatic carbocycles. The molecule has 0 aliphatic heterocycles. The van der Waals surface area contributed by atoms with E-state index in [0.717, 1.165) is 44.7 Å². The molecule has 0 atom stereocenters. The maximum absolute atomic E-state index is 11.9. The van der Waals surface area contributed by atoms with Crippen molar-refractivity contribution in [2.75, 3.05) is 25.1 Å². The number of aryl methyl sites for hydroxylation is 1. The van der Waals surface area contributed by atoms with Gasteiger partial charge in [-0.2, -0.15) is 5.10 Å². The van der Waals surface area contributed by atoms with E-state index in [0.29, 0.717) is 11.0 Å². The van der Waals surface area contributed by atoms with Crippen LogP contribution in [0.15, 0.2) is 15.5 Å². The van der Waals surface area contributed by atoms with E-state index < -0.39 is 0 Å². The SMILES string of the molecule is CCCOCCCNc1cnn(CCC)c(=O)c1Br. The minimum Gasteiger partial charge on any atom is -0.383 e. The first-order valence-electron chi connectivity index (χ1n) is 6.77. The lowest BCUT2D eigenvalue weighted by Gasteiger charge is -2.10. The summed E-state index contributed by atoms with van der Waals surface area (Å²) in [6, 6.07) is 0. The molecule has 1 rings (SSSR count). The van der Waals surface area contributed by atoms with Gasteiger partial charge in [0.1, 0.15) is 4.47 Å². The van der Waals surface area contributed by atoms with Crippen LogP contribution >= 0.6 is 15.9 Å². The van der Waals surface area contributed by atoms with Gasteiger partial charge in [-0.1, -0.05) is 13.8 Å². The van der Waals surface area contributed by atoms with Crippen LogP contribution in [-0.2, 0) is 11.3 Å². The van der Waals surface area contributed by atoms with Crippen molar-refractivity contribution < 1.29 is 4.74 Å². The second kappa shape index (κ2) is 9.09. The number of hydrogen-bond donors (Lipinski definition) is 1. The van der Waals surface area contributed by atoms with Gasteiger partial charge in [0.05, 0.1) is 11.9 Å². The summed E-state index contributed by atoms with van der Waals surface area (Å²) in [5.41, 5.74) is 0.655. The molecule has 1 aromatic heterocycles. The number of ether oxygens (including phenoxy) is 1. The van der Waals surface area contributed by atoms with Gasteiger partial charge in [0.15, 0.2) is 0 Å². The van der Waals surface area contributed by atoms with Crippen molar-refractivity contribution in [2.45, 2.75) is 39.7 Å². The van der Waals surface area contributed by atoms with Crippen LogP contribution in [0.5, 0.6) is 0 Å². The monoisotopic (exact) mass is 331 g/mol. The van der Waals surface area contributed by atoms with Gasteiger partial charge in [0, 0.05) is 26.3 Å². The first kappa shape index (κ1) is 16.2. The van der Waals surface area contributed by atoms with E-state index in [9.17, 15) is 4.79 Å². The number of rotatable bonds is 9. The van der Waals surface area contributed by atoms with Crippen LogP contribution in [0.3, 0.4) is 0 Å². The Labute approximate surface area is 122 Å². The summed E-state index contributed by atoms with van der Waals surface area (Å²) in [6.45, 7) is 7.05. The fourth-order valence-corrected chi connectivity index (χ4v) is 2.05. The van der Waals surface area contributed by atoms with Gasteiger partial charge in [-0.25, -0.2) is 4.68 Å². The van der Waals surface area contributed by atoms with Crippen LogP contribution in [0.4, 0.5) is 5.69 Å². The number of hydrogen-bond acceptors (Lipinski definition) is 4. The molecule has 1 aromatic rings. The lowest BCUT2D eigenvalue weighted by molar-refractivity contribution is 0.134. The van der Waals surface area contributed by atoms with E-state index in [4.69, 9.17) is 4.74 Å². The summed E-state index contributed by atoms with van der Waals surface area (Å²) in [4.78, 5) is 11.9. The maximum atomic E-state index is 11.9. The Kier molecular flexibility index (Phi) is 7.74. The Morgan fingerprint density at radius 2 is 2.16 bits per heavy atom. The van der Waals surface area contributed by atoms with Crippen molar-refractivity contribution in [3.63, 3.8) is 0 Å². The van der Waals surface area contributed by atoms with Crippen molar-refractivity contribution in [1.82, 2.24) is 9.78 Å². The zero-order valence-corrected chi connectivity index (χ0v) is 13.2. The zero-order valence-electron chi connectivity index (χ0n) is 11.6. The summed E-state index contributed by atoms with van der Waals surface area (Å²) in [5.74, 6) is 0. The van der Waals surface area contributed by atoms with Gasteiger partial charge in [0.2, 0.25) is 0 Å². The molecule has 0 radical (unpaired) electrons. The Balaban J connectivity index is 2.46. The Morgan fingerprint density at radius 1 is 1.37 bits per heavy atom. The highest BCUT2D eigenvalue weighted by Crippen LogP contribution is 2.15. The van der Waals surface area contributed by atoms with E-state index in [1.807, 2.05) is 6.92 Å². The molecule has 19 heavy (non-hydrogen) atoms. The molecule has 1 N–H and O–H groups in total. The smallest absolute Gasteiger partial charge is 0.283 e. The molecule has 0 spiro atoms. The lowest BCUT2D eigenvalue weighted by Crippen LogP contribution is -2.24. The first-order valence-corrected chi connectivity index (χ1v) is 7.57. The third kappa shape index (κ3) is 5.32. The highest BCUT2D eigenvalue weighted by molar-refractivity contribution is 9.10. The molecule has 0 aliphatic rings. The van der Waals surface area contributed by atoms with E-state index in [2.05, 4.69) is 33.3 Å². The number of nitrogens with zero attached hydrogens (tertiary/aromatic N) is 2. The molecular weight excluding hydrogens is 310 g/mol. The molecule has 0 amide bonds. The summed E-state index contributed by atoms with van der Waals surface area (Å²) in [6.07, 6.45) is 4.53. The molecule has 6 heteroatoms. The summed E-state index contributed by atoms with van der Waals surface area (Å²) in [5, 5.41) is 7.33. The van der Waals surface area contributed by atoms with Crippen molar-refractivity contribution in [3.8, 4) is 0 Å². The zero-order chi connectivity index (χ0) is 14.1. The van der Waals surface area contributed by atoms with Crippen molar-refractivity contribution in [1.29, 1.82) is 0 Å². The van der Waals surface area contributed by atoms with E-state index in [-0.39, 0.29) is 5.56 Å².